The second-order valence-corrected chi connectivity index (χ2v) is 5.81. The van der Waals surface area contributed by atoms with Crippen LogP contribution in [0.1, 0.15) is 22.5 Å². The summed E-state index contributed by atoms with van der Waals surface area (Å²) in [6.07, 6.45) is 1.73. The van der Waals surface area contributed by atoms with Crippen molar-refractivity contribution in [2.45, 2.75) is 13.0 Å². The number of ether oxygens (including phenoxy) is 1. The van der Waals surface area contributed by atoms with Gasteiger partial charge in [-0.25, -0.2) is 4.79 Å². The van der Waals surface area contributed by atoms with Crippen molar-refractivity contribution in [2.24, 2.45) is 5.92 Å². The summed E-state index contributed by atoms with van der Waals surface area (Å²) in [7, 11) is 1.31. The predicted molar refractivity (Wildman–Crippen MR) is 88.6 cm³/mol. The molecule has 0 radical (unpaired) electrons. The molecule has 0 bridgehead atoms. The predicted octanol–water partition coefficient (Wildman–Crippen LogP) is 2.05. The average molecular weight is 342 g/mol. The molecule has 1 fully saturated rings. The van der Waals surface area contributed by atoms with Crippen molar-refractivity contribution in [3.8, 4) is 0 Å². The molecule has 3 rings (SSSR count). The maximum atomic E-state index is 12.4. The number of nitrogens with zero attached hydrogens (tertiary/aromatic N) is 1. The molecule has 1 aromatic heterocycles. The van der Waals surface area contributed by atoms with Crippen LogP contribution in [-0.4, -0.2) is 36.3 Å². The molecule has 0 spiro atoms. The van der Waals surface area contributed by atoms with Gasteiger partial charge in [0.2, 0.25) is 11.8 Å². The smallest absolute Gasteiger partial charge is 0.337 e. The maximum absolute atomic E-state index is 12.4. The van der Waals surface area contributed by atoms with E-state index in [1.165, 1.54) is 7.11 Å². The maximum Gasteiger partial charge on any atom is 0.337 e. The lowest BCUT2D eigenvalue weighted by Crippen LogP contribution is -2.27. The molecule has 1 aromatic carbocycles. The summed E-state index contributed by atoms with van der Waals surface area (Å²) in [4.78, 5) is 37.5. The van der Waals surface area contributed by atoms with E-state index in [4.69, 9.17) is 4.42 Å². The zero-order chi connectivity index (χ0) is 17.8. The van der Waals surface area contributed by atoms with Crippen LogP contribution in [0.3, 0.4) is 0 Å². The Balaban J connectivity index is 1.58. The largest absolute Gasteiger partial charge is 0.467 e. The van der Waals surface area contributed by atoms with Crippen LogP contribution in [0, 0.1) is 5.92 Å². The van der Waals surface area contributed by atoms with Crippen molar-refractivity contribution in [3.63, 3.8) is 0 Å². The van der Waals surface area contributed by atoms with Crippen molar-refractivity contribution >= 4 is 23.5 Å². The van der Waals surface area contributed by atoms with E-state index in [0.717, 1.165) is 0 Å². The average Bonchev–Trinajstić information content (AvgIpc) is 3.25. The minimum atomic E-state index is -0.437. The Hall–Kier alpha value is -3.09. The Labute approximate surface area is 144 Å². The first kappa shape index (κ1) is 16.8. The van der Waals surface area contributed by atoms with E-state index >= 15 is 0 Å². The number of benzene rings is 1. The molecule has 2 heterocycles. The number of hydrogen-bond donors (Lipinski definition) is 1. The van der Waals surface area contributed by atoms with Crippen LogP contribution in [0.15, 0.2) is 47.1 Å². The first-order valence-electron chi connectivity index (χ1n) is 7.86. The molecule has 1 aliphatic rings. The van der Waals surface area contributed by atoms with Crippen LogP contribution >= 0.6 is 0 Å². The molecule has 7 heteroatoms. The topological polar surface area (TPSA) is 88.8 Å². The highest BCUT2D eigenvalue weighted by molar-refractivity contribution is 5.97. The summed E-state index contributed by atoms with van der Waals surface area (Å²) < 4.78 is 9.87. The van der Waals surface area contributed by atoms with E-state index in [-0.39, 0.29) is 18.2 Å². The number of methoxy groups -OCH3 is 1. The van der Waals surface area contributed by atoms with E-state index in [0.29, 0.717) is 30.1 Å². The zero-order valence-corrected chi connectivity index (χ0v) is 13.7. The van der Waals surface area contributed by atoms with E-state index < -0.39 is 11.9 Å². The minimum absolute atomic E-state index is 0.0717. The highest BCUT2D eigenvalue weighted by Crippen LogP contribution is 2.22. The van der Waals surface area contributed by atoms with Gasteiger partial charge in [0, 0.05) is 18.7 Å². The van der Waals surface area contributed by atoms with Crippen molar-refractivity contribution in [2.75, 3.05) is 19.0 Å². The van der Waals surface area contributed by atoms with Gasteiger partial charge in [0.05, 0.1) is 31.4 Å². The van der Waals surface area contributed by atoms with Gasteiger partial charge in [0.15, 0.2) is 0 Å². The van der Waals surface area contributed by atoms with Crippen LogP contribution in [0.25, 0.3) is 0 Å². The van der Waals surface area contributed by atoms with Crippen LogP contribution in [0.5, 0.6) is 0 Å². The van der Waals surface area contributed by atoms with Gasteiger partial charge in [0.25, 0.3) is 0 Å². The second kappa shape index (κ2) is 7.21. The van der Waals surface area contributed by atoms with Crippen LogP contribution in [0.4, 0.5) is 5.69 Å². The van der Waals surface area contributed by atoms with Crippen molar-refractivity contribution in [1.29, 1.82) is 0 Å². The highest BCUT2D eigenvalue weighted by atomic mass is 16.5. The molecule has 2 amide bonds. The number of esters is 1. The molecule has 1 saturated heterocycles. The lowest BCUT2D eigenvalue weighted by atomic mass is 10.1. The number of likely N-dealkylation sites (tertiary alicyclic amines) is 1. The third-order valence-corrected chi connectivity index (χ3v) is 4.09. The number of carbonyl (C=O) groups is 3. The van der Waals surface area contributed by atoms with Crippen molar-refractivity contribution in [1.82, 2.24) is 4.90 Å². The zero-order valence-electron chi connectivity index (χ0n) is 13.7. The fourth-order valence-electron chi connectivity index (χ4n) is 2.74. The molecule has 1 atom stereocenters. The molecule has 25 heavy (non-hydrogen) atoms. The SMILES string of the molecule is COC(=O)c1ccc(NC(=O)C2CC(=O)N(Cc3ccco3)C2)cc1. The summed E-state index contributed by atoms with van der Waals surface area (Å²) in [6, 6.07) is 9.96. The molecule has 1 aliphatic heterocycles. The minimum Gasteiger partial charge on any atom is -0.467 e. The third-order valence-electron chi connectivity index (χ3n) is 4.09. The number of hydrogen-bond acceptors (Lipinski definition) is 5. The number of carbonyl (C=O) groups excluding carboxylic acids is 3. The Morgan fingerprint density at radius 1 is 1.28 bits per heavy atom. The van der Waals surface area contributed by atoms with Crippen molar-refractivity contribution < 1.29 is 23.5 Å². The van der Waals surface area contributed by atoms with Gasteiger partial charge in [0.1, 0.15) is 5.76 Å². The molecule has 0 aliphatic carbocycles. The summed E-state index contributed by atoms with van der Waals surface area (Å²) in [6.45, 7) is 0.717. The lowest BCUT2D eigenvalue weighted by molar-refractivity contribution is -0.128. The van der Waals surface area contributed by atoms with Crippen LogP contribution < -0.4 is 5.32 Å². The monoisotopic (exact) mass is 342 g/mol. The van der Waals surface area contributed by atoms with Crippen LogP contribution in [0.2, 0.25) is 0 Å². The number of nitrogens with one attached hydrogen (secondary N) is 1. The second-order valence-electron chi connectivity index (χ2n) is 5.81. The summed E-state index contributed by atoms with van der Waals surface area (Å²) >= 11 is 0. The fraction of sp³-hybridized carbons (Fsp3) is 0.278. The first-order chi connectivity index (χ1) is 12.1. The summed E-state index contributed by atoms with van der Waals surface area (Å²) in [5.41, 5.74) is 0.968. The number of anilines is 1. The molecule has 1 N–H and O–H groups in total. The van der Waals surface area contributed by atoms with Gasteiger partial charge in [-0.05, 0) is 36.4 Å². The molecule has 0 saturated carbocycles. The number of furan rings is 1. The normalized spacial score (nSPS) is 16.8. The molecule has 7 nitrogen and oxygen atoms in total. The molecule has 130 valence electrons. The number of amides is 2. The molecular formula is C18H18N2O5. The molecule has 2 aromatic rings. The lowest BCUT2D eigenvalue weighted by Gasteiger charge is -2.15. The summed E-state index contributed by atoms with van der Waals surface area (Å²) in [5, 5.41) is 2.77. The van der Waals surface area contributed by atoms with Gasteiger partial charge in [-0.1, -0.05) is 0 Å². The van der Waals surface area contributed by atoms with E-state index in [1.807, 2.05) is 0 Å². The van der Waals surface area contributed by atoms with Crippen molar-refractivity contribution in [3.05, 3.63) is 54.0 Å². The van der Waals surface area contributed by atoms with E-state index in [2.05, 4.69) is 10.1 Å². The standard InChI is InChI=1S/C18H18N2O5/c1-24-18(23)12-4-6-14(7-5-12)19-17(22)13-9-16(21)20(10-13)11-15-3-2-8-25-15/h2-8,13H,9-11H2,1H3,(H,19,22). The Morgan fingerprint density at radius 2 is 2.04 bits per heavy atom. The van der Waals surface area contributed by atoms with Crippen LogP contribution in [-0.2, 0) is 20.9 Å². The quantitative estimate of drug-likeness (QED) is 0.840. The van der Waals surface area contributed by atoms with Gasteiger partial charge in [-0.3, -0.25) is 9.59 Å². The number of rotatable bonds is 5. The highest BCUT2D eigenvalue weighted by Gasteiger charge is 2.34. The molecular weight excluding hydrogens is 324 g/mol. The van der Waals surface area contributed by atoms with Gasteiger partial charge in [-0.2, -0.15) is 0 Å². The van der Waals surface area contributed by atoms with E-state index in [9.17, 15) is 14.4 Å². The Morgan fingerprint density at radius 3 is 2.68 bits per heavy atom. The van der Waals surface area contributed by atoms with Gasteiger partial charge >= 0.3 is 5.97 Å². The Bertz CT molecular complexity index is 767. The first-order valence-corrected chi connectivity index (χ1v) is 7.86. The van der Waals surface area contributed by atoms with E-state index in [1.54, 1.807) is 47.6 Å². The molecule has 1 unspecified atom stereocenters. The van der Waals surface area contributed by atoms with Gasteiger partial charge in [-0.15, -0.1) is 0 Å². The van der Waals surface area contributed by atoms with Gasteiger partial charge < -0.3 is 19.4 Å². The fourth-order valence-corrected chi connectivity index (χ4v) is 2.74. The Kier molecular flexibility index (Phi) is 4.83. The third kappa shape index (κ3) is 3.88. The summed E-state index contributed by atoms with van der Waals surface area (Å²) in [5.74, 6) is -0.456.